The molecule has 0 atom stereocenters. The van der Waals surface area contributed by atoms with Gasteiger partial charge in [-0.15, -0.1) is 0 Å². The van der Waals surface area contributed by atoms with Gasteiger partial charge in [0.1, 0.15) is 5.69 Å². The van der Waals surface area contributed by atoms with E-state index in [4.69, 9.17) is 5.11 Å². The molecule has 1 amide bonds. The van der Waals surface area contributed by atoms with Crippen molar-refractivity contribution in [1.82, 2.24) is 4.98 Å². The Morgan fingerprint density at radius 1 is 0.853 bits per heavy atom. The monoisotopic (exact) mass is 452 g/mol. The van der Waals surface area contributed by atoms with E-state index in [2.05, 4.69) is 28.5 Å². The van der Waals surface area contributed by atoms with Crippen molar-refractivity contribution in [3.63, 3.8) is 0 Å². The van der Waals surface area contributed by atoms with Crippen LogP contribution in [0.2, 0.25) is 0 Å². The Bertz CT molecular complexity index is 1370. The molecule has 0 unspecified atom stereocenters. The van der Waals surface area contributed by atoms with Crippen molar-refractivity contribution >= 4 is 23.3 Å². The van der Waals surface area contributed by atoms with Crippen LogP contribution in [0, 0.1) is 13.8 Å². The minimum atomic E-state index is -1.05. The minimum Gasteiger partial charge on any atom is -0.477 e. The zero-order valence-corrected chi connectivity index (χ0v) is 18.9. The van der Waals surface area contributed by atoms with E-state index in [-0.39, 0.29) is 17.4 Å². The number of benzene rings is 3. The molecule has 1 aliphatic rings. The van der Waals surface area contributed by atoms with E-state index in [1.54, 1.807) is 38.1 Å². The van der Waals surface area contributed by atoms with Crippen LogP contribution in [0.25, 0.3) is 11.1 Å². The molecular weight excluding hydrogens is 428 g/mol. The molecule has 3 N–H and O–H groups in total. The molecule has 0 fully saturated rings. The fraction of sp³-hybridized carbons (Fsp3) is 0.107. The van der Waals surface area contributed by atoms with Gasteiger partial charge in [0.15, 0.2) is 5.78 Å². The van der Waals surface area contributed by atoms with Gasteiger partial charge in [-0.2, -0.15) is 0 Å². The van der Waals surface area contributed by atoms with E-state index in [0.717, 1.165) is 16.8 Å². The highest BCUT2D eigenvalue weighted by atomic mass is 16.4. The number of aromatic nitrogens is 1. The highest BCUT2D eigenvalue weighted by molar-refractivity contribution is 6.12. The third kappa shape index (κ3) is 4.66. The van der Waals surface area contributed by atoms with Crippen molar-refractivity contribution in [3.05, 3.63) is 113 Å². The van der Waals surface area contributed by atoms with E-state index in [0.29, 0.717) is 28.8 Å². The van der Waals surface area contributed by atoms with Gasteiger partial charge in [0.25, 0.3) is 0 Å². The minimum absolute atomic E-state index is 0.0757. The van der Waals surface area contributed by atoms with Crippen LogP contribution in [-0.2, 0) is 11.2 Å². The number of H-pyrrole nitrogens is 1. The lowest BCUT2D eigenvalue weighted by Crippen LogP contribution is -2.04. The molecule has 3 aromatic carbocycles. The third-order valence-electron chi connectivity index (χ3n) is 5.76. The number of ketones is 1. The first kappa shape index (κ1) is 22.7. The van der Waals surface area contributed by atoms with E-state index in [1.807, 2.05) is 36.4 Å². The Morgan fingerprint density at radius 2 is 1.50 bits per heavy atom. The molecule has 170 valence electrons. The van der Waals surface area contributed by atoms with Crippen LogP contribution in [0.4, 0.5) is 5.69 Å². The molecule has 5 rings (SSSR count). The summed E-state index contributed by atoms with van der Waals surface area (Å²) in [6.07, 6.45) is 0.504. The van der Waals surface area contributed by atoms with Crippen molar-refractivity contribution in [3.8, 4) is 11.1 Å². The molecule has 1 aromatic heterocycles. The molecule has 0 bridgehead atoms. The van der Waals surface area contributed by atoms with Gasteiger partial charge >= 0.3 is 5.97 Å². The summed E-state index contributed by atoms with van der Waals surface area (Å²) in [5, 5.41) is 11.9. The fourth-order valence-corrected chi connectivity index (χ4v) is 4.06. The van der Waals surface area contributed by atoms with Gasteiger partial charge in [-0.25, -0.2) is 4.79 Å². The average molecular weight is 453 g/mol. The quantitative estimate of drug-likeness (QED) is 0.361. The van der Waals surface area contributed by atoms with Crippen molar-refractivity contribution in [1.29, 1.82) is 0 Å². The van der Waals surface area contributed by atoms with Gasteiger partial charge in [-0.3, -0.25) is 9.59 Å². The maximum Gasteiger partial charge on any atom is 0.352 e. The highest BCUT2D eigenvalue weighted by Crippen LogP contribution is 2.29. The number of carboxylic acid groups (broad SMARTS) is 1. The van der Waals surface area contributed by atoms with Gasteiger partial charge in [0.2, 0.25) is 5.91 Å². The Hall–Kier alpha value is -4.45. The van der Waals surface area contributed by atoms with Gasteiger partial charge in [0.05, 0.1) is 6.42 Å². The first-order chi connectivity index (χ1) is 16.3. The van der Waals surface area contributed by atoms with E-state index < -0.39 is 5.97 Å². The SMILES string of the molecule is Cc1[nH]c(C(=O)O)c(C)c1C(=O)c1ccccc1.O=C1Cc2ccc(-c3ccccc3)cc2N1. The Labute approximate surface area is 197 Å². The van der Waals surface area contributed by atoms with Crippen molar-refractivity contribution in [2.45, 2.75) is 20.3 Å². The molecule has 1 aliphatic heterocycles. The standard InChI is InChI=1S/C14H13NO3.C14H11NO/c1-8-11(9(2)15-12(8)14(17)18)13(16)10-6-4-3-5-7-10;16-14-9-12-7-6-11(8-13(12)15-14)10-4-2-1-3-5-10/h3-7,15H,1-2H3,(H,17,18);1-8H,9H2,(H,15,16). The topological polar surface area (TPSA) is 99.3 Å². The number of hydrogen-bond acceptors (Lipinski definition) is 3. The maximum absolute atomic E-state index is 12.3. The van der Waals surface area contributed by atoms with E-state index in [1.165, 1.54) is 5.56 Å². The van der Waals surface area contributed by atoms with Gasteiger partial charge in [-0.05, 0) is 42.2 Å². The molecule has 0 saturated heterocycles. The molecule has 0 spiro atoms. The third-order valence-corrected chi connectivity index (χ3v) is 5.76. The number of aromatic carboxylic acids is 1. The average Bonchev–Trinajstić information content (AvgIpc) is 3.37. The van der Waals surface area contributed by atoms with Crippen LogP contribution in [0.15, 0.2) is 78.9 Å². The number of nitrogens with one attached hydrogen (secondary N) is 2. The summed E-state index contributed by atoms with van der Waals surface area (Å²) in [4.78, 5) is 37.3. The molecule has 6 nitrogen and oxygen atoms in total. The summed E-state index contributed by atoms with van der Waals surface area (Å²) in [6.45, 7) is 3.35. The summed E-state index contributed by atoms with van der Waals surface area (Å²) in [6, 6.07) is 25.1. The summed E-state index contributed by atoms with van der Waals surface area (Å²) in [7, 11) is 0. The van der Waals surface area contributed by atoms with E-state index in [9.17, 15) is 14.4 Å². The van der Waals surface area contributed by atoms with Crippen LogP contribution in [0.5, 0.6) is 0 Å². The van der Waals surface area contributed by atoms with Crippen molar-refractivity contribution < 1.29 is 19.5 Å². The highest BCUT2D eigenvalue weighted by Gasteiger charge is 2.22. The smallest absolute Gasteiger partial charge is 0.352 e. The zero-order chi connectivity index (χ0) is 24.2. The lowest BCUT2D eigenvalue weighted by molar-refractivity contribution is -0.115. The molecule has 6 heteroatoms. The summed E-state index contributed by atoms with van der Waals surface area (Å²) < 4.78 is 0. The largest absolute Gasteiger partial charge is 0.477 e. The fourth-order valence-electron chi connectivity index (χ4n) is 4.06. The predicted octanol–water partition coefficient (Wildman–Crippen LogP) is 5.41. The number of carbonyl (C=O) groups is 3. The van der Waals surface area contributed by atoms with Crippen LogP contribution in [0.1, 0.15) is 43.2 Å². The number of hydrogen-bond donors (Lipinski definition) is 3. The lowest BCUT2D eigenvalue weighted by Gasteiger charge is -2.04. The molecule has 4 aromatic rings. The first-order valence-electron chi connectivity index (χ1n) is 10.9. The van der Waals surface area contributed by atoms with Crippen LogP contribution >= 0.6 is 0 Å². The second kappa shape index (κ2) is 9.58. The second-order valence-electron chi connectivity index (χ2n) is 8.09. The lowest BCUT2D eigenvalue weighted by atomic mass is 10.00. The summed E-state index contributed by atoms with van der Waals surface area (Å²) in [5.41, 5.74) is 6.49. The number of carbonyl (C=O) groups excluding carboxylic acids is 2. The molecule has 0 saturated carbocycles. The Morgan fingerprint density at radius 3 is 2.12 bits per heavy atom. The number of carboxylic acids is 1. The normalized spacial score (nSPS) is 11.8. The number of aryl methyl sites for hydroxylation is 1. The zero-order valence-electron chi connectivity index (χ0n) is 18.9. The van der Waals surface area contributed by atoms with Gasteiger partial charge < -0.3 is 15.4 Å². The van der Waals surface area contributed by atoms with Gasteiger partial charge in [-0.1, -0.05) is 72.8 Å². The van der Waals surface area contributed by atoms with Crippen LogP contribution < -0.4 is 5.32 Å². The summed E-state index contributed by atoms with van der Waals surface area (Å²) >= 11 is 0. The number of anilines is 1. The second-order valence-corrected chi connectivity index (χ2v) is 8.09. The van der Waals surface area contributed by atoms with Crippen molar-refractivity contribution in [2.75, 3.05) is 5.32 Å². The molecular formula is C28H24N2O4. The van der Waals surface area contributed by atoms with Crippen LogP contribution in [-0.4, -0.2) is 27.8 Å². The number of rotatable bonds is 4. The molecule has 0 radical (unpaired) electrons. The van der Waals surface area contributed by atoms with E-state index >= 15 is 0 Å². The molecule has 2 heterocycles. The van der Waals surface area contributed by atoms with Gasteiger partial charge in [0, 0.05) is 22.5 Å². The molecule has 34 heavy (non-hydrogen) atoms. The Kier molecular flexibility index (Phi) is 6.41. The Balaban J connectivity index is 0.000000162. The number of amides is 1. The number of fused-ring (bicyclic) bond motifs is 1. The van der Waals surface area contributed by atoms with Crippen molar-refractivity contribution in [2.24, 2.45) is 0 Å². The maximum atomic E-state index is 12.3. The van der Waals surface area contributed by atoms with Crippen LogP contribution in [0.3, 0.4) is 0 Å². The number of aromatic amines is 1. The predicted molar refractivity (Wildman–Crippen MR) is 131 cm³/mol. The molecule has 0 aliphatic carbocycles. The first-order valence-corrected chi connectivity index (χ1v) is 10.9. The summed E-state index contributed by atoms with van der Waals surface area (Å²) in [5.74, 6) is -1.13.